The number of rotatable bonds is 4. The normalized spacial score (nSPS) is 10.5. The second-order valence-corrected chi connectivity index (χ2v) is 4.35. The molecule has 0 radical (unpaired) electrons. The van der Waals surface area contributed by atoms with E-state index in [1.807, 2.05) is 31.2 Å². The summed E-state index contributed by atoms with van der Waals surface area (Å²) in [5, 5.41) is 4.01. The minimum atomic E-state index is 0.262. The maximum atomic E-state index is 5.91. The van der Waals surface area contributed by atoms with Crippen molar-refractivity contribution >= 4 is 5.88 Å². The van der Waals surface area contributed by atoms with E-state index in [1.165, 1.54) is 6.33 Å². The van der Waals surface area contributed by atoms with Crippen molar-refractivity contribution in [2.75, 3.05) is 12.3 Å². The molecule has 0 unspecified atom stereocenters. The monoisotopic (exact) mass is 282 g/mol. The molecule has 0 amide bonds. The van der Waals surface area contributed by atoms with Crippen LogP contribution in [0, 0.1) is 0 Å². The van der Waals surface area contributed by atoms with Gasteiger partial charge in [0.15, 0.2) is 0 Å². The Morgan fingerprint density at radius 2 is 1.81 bits per heavy atom. The molecule has 0 fully saturated rings. The lowest BCUT2D eigenvalue weighted by molar-refractivity contribution is 0.340. The van der Waals surface area contributed by atoms with Crippen molar-refractivity contribution < 1.29 is 9.26 Å². The molecule has 106 valence electrons. The largest absolute Gasteiger partial charge is 0.494 e. The van der Waals surface area contributed by atoms with E-state index in [9.17, 15) is 0 Å². The van der Waals surface area contributed by atoms with E-state index in [0.29, 0.717) is 12.3 Å². The highest BCUT2D eigenvalue weighted by Gasteiger charge is 2.17. The zero-order valence-electron chi connectivity index (χ0n) is 11.5. The third-order valence-corrected chi connectivity index (χ3v) is 3.01. The van der Waals surface area contributed by atoms with E-state index in [2.05, 4.69) is 15.1 Å². The van der Waals surface area contributed by atoms with Crippen LogP contribution < -0.4 is 10.5 Å². The second-order valence-electron chi connectivity index (χ2n) is 4.35. The lowest BCUT2D eigenvalue weighted by atomic mass is 10.0. The van der Waals surface area contributed by atoms with Gasteiger partial charge in [0.1, 0.15) is 17.8 Å². The van der Waals surface area contributed by atoms with Gasteiger partial charge < -0.3 is 15.0 Å². The summed E-state index contributed by atoms with van der Waals surface area (Å²) in [5.41, 5.74) is 8.91. The molecule has 0 aliphatic heterocycles. The molecule has 0 bridgehead atoms. The summed E-state index contributed by atoms with van der Waals surface area (Å²) in [6.45, 7) is 2.57. The Morgan fingerprint density at radius 1 is 1.10 bits per heavy atom. The van der Waals surface area contributed by atoms with Crippen LogP contribution in [0.3, 0.4) is 0 Å². The van der Waals surface area contributed by atoms with Crippen molar-refractivity contribution in [3.05, 3.63) is 43.0 Å². The minimum Gasteiger partial charge on any atom is -0.494 e. The number of aromatic nitrogens is 3. The Hall–Kier alpha value is -2.89. The van der Waals surface area contributed by atoms with Gasteiger partial charge in [-0.3, -0.25) is 0 Å². The maximum absolute atomic E-state index is 5.91. The van der Waals surface area contributed by atoms with Gasteiger partial charge in [0.25, 0.3) is 0 Å². The van der Waals surface area contributed by atoms with Crippen LogP contribution in [0.2, 0.25) is 0 Å². The minimum absolute atomic E-state index is 0.262. The van der Waals surface area contributed by atoms with Gasteiger partial charge in [-0.1, -0.05) is 17.3 Å². The number of hydrogen-bond donors (Lipinski definition) is 1. The van der Waals surface area contributed by atoms with E-state index in [0.717, 1.165) is 22.4 Å². The average Bonchev–Trinajstić information content (AvgIpc) is 2.91. The molecule has 6 heteroatoms. The number of benzene rings is 1. The van der Waals surface area contributed by atoms with Crippen LogP contribution in [-0.4, -0.2) is 21.7 Å². The summed E-state index contributed by atoms with van der Waals surface area (Å²) in [4.78, 5) is 7.98. The summed E-state index contributed by atoms with van der Waals surface area (Å²) >= 11 is 0. The number of anilines is 1. The van der Waals surface area contributed by atoms with Gasteiger partial charge in [0, 0.05) is 18.0 Å². The van der Waals surface area contributed by atoms with E-state index in [-0.39, 0.29) is 5.88 Å². The highest BCUT2D eigenvalue weighted by atomic mass is 16.5. The Kier molecular flexibility index (Phi) is 3.51. The molecule has 0 aliphatic rings. The summed E-state index contributed by atoms with van der Waals surface area (Å²) in [7, 11) is 0. The van der Waals surface area contributed by atoms with Crippen LogP contribution in [0.5, 0.6) is 5.75 Å². The second kappa shape index (κ2) is 5.62. The maximum Gasteiger partial charge on any atom is 0.230 e. The third-order valence-electron chi connectivity index (χ3n) is 3.01. The van der Waals surface area contributed by atoms with E-state index >= 15 is 0 Å². The molecule has 0 saturated carbocycles. The van der Waals surface area contributed by atoms with Crippen molar-refractivity contribution in [1.29, 1.82) is 0 Å². The fourth-order valence-electron chi connectivity index (χ4n) is 2.08. The SMILES string of the molecule is CCOc1ccc(-c2c(-c3cncnc3)noc2N)cc1. The van der Waals surface area contributed by atoms with Crippen molar-refractivity contribution in [1.82, 2.24) is 15.1 Å². The van der Waals surface area contributed by atoms with Gasteiger partial charge in [-0.05, 0) is 24.6 Å². The van der Waals surface area contributed by atoms with Gasteiger partial charge in [-0.25, -0.2) is 9.97 Å². The average molecular weight is 282 g/mol. The number of nitrogen functional groups attached to an aromatic ring is 1. The topological polar surface area (TPSA) is 87.1 Å². The van der Waals surface area contributed by atoms with Crippen LogP contribution in [0.4, 0.5) is 5.88 Å². The molecule has 0 spiro atoms. The zero-order valence-corrected chi connectivity index (χ0v) is 11.5. The molecule has 1 aromatic carbocycles. The van der Waals surface area contributed by atoms with Gasteiger partial charge in [-0.2, -0.15) is 0 Å². The van der Waals surface area contributed by atoms with Crippen molar-refractivity contribution in [2.24, 2.45) is 0 Å². The Balaban J connectivity index is 2.04. The smallest absolute Gasteiger partial charge is 0.230 e. The van der Waals surface area contributed by atoms with Crippen LogP contribution in [-0.2, 0) is 0 Å². The van der Waals surface area contributed by atoms with Crippen LogP contribution >= 0.6 is 0 Å². The predicted octanol–water partition coefficient (Wildman–Crippen LogP) is 2.78. The van der Waals surface area contributed by atoms with E-state index in [1.54, 1.807) is 12.4 Å². The fraction of sp³-hybridized carbons (Fsp3) is 0.133. The standard InChI is InChI=1S/C15H14N4O2/c1-2-20-12-5-3-10(4-6-12)13-14(19-21-15(13)16)11-7-17-9-18-8-11/h3-9H,2,16H2,1H3. The number of nitrogens with two attached hydrogens (primary N) is 1. The molecule has 3 rings (SSSR count). The molecular weight excluding hydrogens is 268 g/mol. The van der Waals surface area contributed by atoms with Gasteiger partial charge in [-0.15, -0.1) is 0 Å². The van der Waals surface area contributed by atoms with Crippen molar-refractivity contribution in [3.63, 3.8) is 0 Å². The lowest BCUT2D eigenvalue weighted by Gasteiger charge is -2.05. The summed E-state index contributed by atoms with van der Waals surface area (Å²) in [6, 6.07) is 7.61. The molecular formula is C15H14N4O2. The Bertz CT molecular complexity index is 723. The highest BCUT2D eigenvalue weighted by molar-refractivity contribution is 5.86. The van der Waals surface area contributed by atoms with Crippen LogP contribution in [0.25, 0.3) is 22.4 Å². The van der Waals surface area contributed by atoms with Crippen molar-refractivity contribution in [2.45, 2.75) is 6.92 Å². The highest BCUT2D eigenvalue weighted by Crippen LogP contribution is 2.36. The number of hydrogen-bond acceptors (Lipinski definition) is 6. The zero-order chi connectivity index (χ0) is 14.7. The third kappa shape index (κ3) is 2.55. The summed E-state index contributed by atoms with van der Waals surface area (Å²) < 4.78 is 10.6. The Morgan fingerprint density at radius 3 is 2.48 bits per heavy atom. The molecule has 3 aromatic rings. The Labute approximate surface area is 121 Å². The predicted molar refractivity (Wildman–Crippen MR) is 78.5 cm³/mol. The van der Waals surface area contributed by atoms with Gasteiger partial charge in [0.2, 0.25) is 5.88 Å². The number of ether oxygens (including phenoxy) is 1. The molecule has 2 aromatic heterocycles. The fourth-order valence-corrected chi connectivity index (χ4v) is 2.08. The first-order valence-corrected chi connectivity index (χ1v) is 6.53. The first-order valence-electron chi connectivity index (χ1n) is 6.53. The van der Waals surface area contributed by atoms with Crippen LogP contribution in [0.1, 0.15) is 6.92 Å². The molecule has 2 heterocycles. The first-order chi connectivity index (χ1) is 10.3. The van der Waals surface area contributed by atoms with E-state index < -0.39 is 0 Å². The molecule has 6 nitrogen and oxygen atoms in total. The molecule has 21 heavy (non-hydrogen) atoms. The lowest BCUT2D eigenvalue weighted by Crippen LogP contribution is -1.92. The van der Waals surface area contributed by atoms with E-state index in [4.69, 9.17) is 15.0 Å². The molecule has 0 saturated heterocycles. The molecule has 2 N–H and O–H groups in total. The molecule has 0 aliphatic carbocycles. The number of nitrogens with zero attached hydrogens (tertiary/aromatic N) is 3. The first kappa shape index (κ1) is 13.1. The van der Waals surface area contributed by atoms with Crippen molar-refractivity contribution in [3.8, 4) is 28.1 Å². The summed E-state index contributed by atoms with van der Waals surface area (Å²) in [5.74, 6) is 1.07. The van der Waals surface area contributed by atoms with Crippen LogP contribution in [0.15, 0.2) is 47.5 Å². The summed E-state index contributed by atoms with van der Waals surface area (Å²) in [6.07, 6.45) is 4.80. The molecule has 0 atom stereocenters. The quantitative estimate of drug-likeness (QED) is 0.791. The van der Waals surface area contributed by atoms with Gasteiger partial charge >= 0.3 is 0 Å². The van der Waals surface area contributed by atoms with Gasteiger partial charge in [0.05, 0.1) is 12.2 Å².